The standard InChI is InChI=1S/C9H8N2O2/c12-9(13)7-5-10-4-6(7)8-2-1-3-11-8/h1-5,10-11H,(H,12,13). The topological polar surface area (TPSA) is 68.9 Å². The number of carboxylic acid groups (broad SMARTS) is 1. The lowest BCUT2D eigenvalue weighted by Gasteiger charge is -1.94. The molecule has 0 fully saturated rings. The Labute approximate surface area is 74.2 Å². The number of H-pyrrole nitrogens is 2. The summed E-state index contributed by atoms with van der Waals surface area (Å²) in [6.45, 7) is 0. The van der Waals surface area contributed by atoms with Gasteiger partial charge in [0.2, 0.25) is 0 Å². The third-order valence-corrected chi connectivity index (χ3v) is 1.86. The van der Waals surface area contributed by atoms with Crippen LogP contribution in [-0.2, 0) is 0 Å². The number of aromatic nitrogens is 2. The van der Waals surface area contributed by atoms with E-state index in [2.05, 4.69) is 9.97 Å². The van der Waals surface area contributed by atoms with Gasteiger partial charge in [-0.3, -0.25) is 0 Å². The van der Waals surface area contributed by atoms with Crippen LogP contribution < -0.4 is 0 Å². The van der Waals surface area contributed by atoms with Crippen molar-refractivity contribution in [2.75, 3.05) is 0 Å². The molecule has 66 valence electrons. The van der Waals surface area contributed by atoms with Crippen LogP contribution in [-0.4, -0.2) is 21.0 Å². The van der Waals surface area contributed by atoms with E-state index >= 15 is 0 Å². The molecular formula is C9H8N2O2. The highest BCUT2D eigenvalue weighted by Crippen LogP contribution is 2.21. The quantitative estimate of drug-likeness (QED) is 0.651. The highest BCUT2D eigenvalue weighted by Gasteiger charge is 2.12. The summed E-state index contributed by atoms with van der Waals surface area (Å²) in [7, 11) is 0. The molecule has 0 bridgehead atoms. The van der Waals surface area contributed by atoms with Crippen molar-refractivity contribution in [3.8, 4) is 11.3 Å². The van der Waals surface area contributed by atoms with Crippen LogP contribution in [0.5, 0.6) is 0 Å². The molecule has 0 aromatic carbocycles. The molecule has 2 aromatic heterocycles. The minimum absolute atomic E-state index is 0.280. The number of hydrogen-bond donors (Lipinski definition) is 3. The SMILES string of the molecule is O=C(O)c1c[nH]cc1-c1ccc[nH]1. The van der Waals surface area contributed by atoms with Crippen molar-refractivity contribution in [2.24, 2.45) is 0 Å². The van der Waals surface area contributed by atoms with Crippen LogP contribution in [0.4, 0.5) is 0 Å². The minimum atomic E-state index is -0.925. The van der Waals surface area contributed by atoms with Gasteiger partial charge in [0, 0.05) is 29.8 Å². The molecule has 0 aliphatic rings. The van der Waals surface area contributed by atoms with Crippen molar-refractivity contribution in [2.45, 2.75) is 0 Å². The maximum Gasteiger partial charge on any atom is 0.337 e. The summed E-state index contributed by atoms with van der Waals surface area (Å²) in [4.78, 5) is 16.5. The van der Waals surface area contributed by atoms with Crippen molar-refractivity contribution >= 4 is 5.97 Å². The van der Waals surface area contributed by atoms with Gasteiger partial charge in [0.1, 0.15) is 0 Å². The Bertz CT molecular complexity index is 415. The zero-order chi connectivity index (χ0) is 9.26. The zero-order valence-electron chi connectivity index (χ0n) is 6.74. The summed E-state index contributed by atoms with van der Waals surface area (Å²) in [5, 5.41) is 8.82. The van der Waals surface area contributed by atoms with Gasteiger partial charge in [-0.15, -0.1) is 0 Å². The lowest BCUT2D eigenvalue weighted by Crippen LogP contribution is -1.95. The number of rotatable bonds is 2. The first-order valence-corrected chi connectivity index (χ1v) is 3.83. The van der Waals surface area contributed by atoms with E-state index in [1.54, 1.807) is 12.4 Å². The zero-order valence-corrected chi connectivity index (χ0v) is 6.74. The first kappa shape index (κ1) is 7.67. The molecule has 0 atom stereocenters. The third-order valence-electron chi connectivity index (χ3n) is 1.86. The molecule has 2 heterocycles. The van der Waals surface area contributed by atoms with E-state index in [0.29, 0.717) is 5.56 Å². The van der Waals surface area contributed by atoms with Gasteiger partial charge in [-0.1, -0.05) is 0 Å². The van der Waals surface area contributed by atoms with Gasteiger partial charge in [-0.25, -0.2) is 4.79 Å². The lowest BCUT2D eigenvalue weighted by atomic mass is 10.1. The van der Waals surface area contributed by atoms with Crippen molar-refractivity contribution in [3.63, 3.8) is 0 Å². The molecule has 4 nitrogen and oxygen atoms in total. The predicted octanol–water partition coefficient (Wildman–Crippen LogP) is 1.71. The van der Waals surface area contributed by atoms with Gasteiger partial charge in [0.05, 0.1) is 5.56 Å². The van der Waals surface area contributed by atoms with Gasteiger partial charge in [-0.2, -0.15) is 0 Å². The second-order valence-electron chi connectivity index (χ2n) is 2.67. The molecule has 0 saturated heterocycles. The molecule has 2 rings (SSSR count). The van der Waals surface area contributed by atoms with Gasteiger partial charge in [0.15, 0.2) is 0 Å². The van der Waals surface area contributed by atoms with Crippen molar-refractivity contribution in [3.05, 3.63) is 36.3 Å². The summed E-state index contributed by atoms with van der Waals surface area (Å²) in [6.07, 6.45) is 4.89. The van der Waals surface area contributed by atoms with Gasteiger partial charge < -0.3 is 15.1 Å². The monoisotopic (exact) mass is 176 g/mol. The van der Waals surface area contributed by atoms with Crippen LogP contribution in [0.25, 0.3) is 11.3 Å². The van der Waals surface area contributed by atoms with E-state index in [1.807, 2.05) is 12.1 Å². The van der Waals surface area contributed by atoms with Crippen molar-refractivity contribution < 1.29 is 9.90 Å². The van der Waals surface area contributed by atoms with E-state index in [-0.39, 0.29) is 5.56 Å². The Kier molecular flexibility index (Phi) is 1.66. The van der Waals surface area contributed by atoms with Crippen LogP contribution >= 0.6 is 0 Å². The largest absolute Gasteiger partial charge is 0.478 e. The molecule has 0 spiro atoms. The third kappa shape index (κ3) is 1.22. The molecule has 0 aliphatic heterocycles. The van der Waals surface area contributed by atoms with E-state index in [1.165, 1.54) is 6.20 Å². The van der Waals surface area contributed by atoms with E-state index in [0.717, 1.165) is 5.69 Å². The van der Waals surface area contributed by atoms with E-state index in [9.17, 15) is 4.79 Å². The number of nitrogens with one attached hydrogen (secondary N) is 2. The second-order valence-corrected chi connectivity index (χ2v) is 2.67. The van der Waals surface area contributed by atoms with Crippen LogP contribution in [0.2, 0.25) is 0 Å². The Morgan fingerprint density at radius 3 is 2.85 bits per heavy atom. The minimum Gasteiger partial charge on any atom is -0.478 e. The Balaban J connectivity index is 2.52. The molecule has 0 unspecified atom stereocenters. The van der Waals surface area contributed by atoms with Crippen molar-refractivity contribution in [1.82, 2.24) is 9.97 Å². The summed E-state index contributed by atoms with van der Waals surface area (Å²) in [6, 6.07) is 3.66. The van der Waals surface area contributed by atoms with Crippen LogP contribution in [0.1, 0.15) is 10.4 Å². The first-order valence-electron chi connectivity index (χ1n) is 3.83. The van der Waals surface area contributed by atoms with Crippen molar-refractivity contribution in [1.29, 1.82) is 0 Å². The van der Waals surface area contributed by atoms with Gasteiger partial charge >= 0.3 is 5.97 Å². The Morgan fingerprint density at radius 2 is 2.23 bits per heavy atom. The van der Waals surface area contributed by atoms with E-state index in [4.69, 9.17) is 5.11 Å². The highest BCUT2D eigenvalue weighted by atomic mass is 16.4. The molecule has 0 radical (unpaired) electrons. The molecule has 3 N–H and O–H groups in total. The maximum atomic E-state index is 10.7. The lowest BCUT2D eigenvalue weighted by molar-refractivity contribution is 0.0698. The smallest absolute Gasteiger partial charge is 0.337 e. The summed E-state index contributed by atoms with van der Waals surface area (Å²) >= 11 is 0. The number of carboxylic acids is 1. The molecule has 0 saturated carbocycles. The fourth-order valence-corrected chi connectivity index (χ4v) is 1.26. The molecule has 0 amide bonds. The predicted molar refractivity (Wildman–Crippen MR) is 47.5 cm³/mol. The fraction of sp³-hybridized carbons (Fsp3) is 0. The number of aromatic carboxylic acids is 1. The molecular weight excluding hydrogens is 168 g/mol. The first-order chi connectivity index (χ1) is 6.29. The number of carbonyl (C=O) groups is 1. The number of aromatic amines is 2. The summed E-state index contributed by atoms with van der Waals surface area (Å²) < 4.78 is 0. The fourth-order valence-electron chi connectivity index (χ4n) is 1.26. The van der Waals surface area contributed by atoms with Crippen LogP contribution in [0, 0.1) is 0 Å². The molecule has 0 aliphatic carbocycles. The normalized spacial score (nSPS) is 10.2. The van der Waals surface area contributed by atoms with Crippen LogP contribution in [0.15, 0.2) is 30.7 Å². The molecule has 2 aromatic rings. The van der Waals surface area contributed by atoms with Crippen LogP contribution in [0.3, 0.4) is 0 Å². The van der Waals surface area contributed by atoms with E-state index < -0.39 is 5.97 Å². The molecule has 4 heteroatoms. The maximum absolute atomic E-state index is 10.7. The highest BCUT2D eigenvalue weighted by molar-refractivity contribution is 5.95. The summed E-state index contributed by atoms with van der Waals surface area (Å²) in [5.41, 5.74) is 1.76. The average molecular weight is 176 g/mol. The number of hydrogen-bond acceptors (Lipinski definition) is 1. The Hall–Kier alpha value is -1.97. The average Bonchev–Trinajstić information content (AvgIpc) is 2.74. The second kappa shape index (κ2) is 2.82. The Morgan fingerprint density at radius 1 is 1.38 bits per heavy atom. The van der Waals surface area contributed by atoms with Gasteiger partial charge in [-0.05, 0) is 12.1 Å². The van der Waals surface area contributed by atoms with Gasteiger partial charge in [0.25, 0.3) is 0 Å². The summed E-state index contributed by atoms with van der Waals surface area (Å²) in [5.74, 6) is -0.925. The molecule has 13 heavy (non-hydrogen) atoms.